The Morgan fingerprint density at radius 3 is 3.00 bits per heavy atom. The number of carbonyl (C=O) groups excluding carboxylic acids is 1. The van der Waals surface area contributed by atoms with Gasteiger partial charge in [0.25, 0.3) is 0 Å². The molecule has 13 heavy (non-hydrogen) atoms. The molecule has 2 amide bonds. The minimum atomic E-state index is 0.0317. The number of rotatable bonds is 2. The lowest BCUT2D eigenvalue weighted by Gasteiger charge is -2.32. The van der Waals surface area contributed by atoms with Gasteiger partial charge in [0.05, 0.1) is 12.7 Å². The van der Waals surface area contributed by atoms with Crippen molar-refractivity contribution >= 4 is 6.03 Å². The Hall–Kier alpha value is -0.770. The molecule has 4 heteroatoms. The van der Waals surface area contributed by atoms with Crippen LogP contribution in [0.25, 0.3) is 0 Å². The number of amides is 2. The van der Waals surface area contributed by atoms with Gasteiger partial charge in [-0.3, -0.25) is 0 Å². The van der Waals surface area contributed by atoms with E-state index in [2.05, 4.69) is 12.2 Å². The van der Waals surface area contributed by atoms with Gasteiger partial charge in [0.15, 0.2) is 0 Å². The van der Waals surface area contributed by atoms with Crippen molar-refractivity contribution in [1.82, 2.24) is 10.2 Å². The number of hydrogen-bond donors (Lipinski definition) is 1. The minimum absolute atomic E-state index is 0.0317. The fraction of sp³-hybridized carbons (Fsp3) is 0.889. The second kappa shape index (κ2) is 5.07. The summed E-state index contributed by atoms with van der Waals surface area (Å²) in [6.45, 7) is 6.79. The summed E-state index contributed by atoms with van der Waals surface area (Å²) in [5, 5.41) is 2.79. The molecule has 0 aromatic heterocycles. The maximum atomic E-state index is 11.4. The summed E-state index contributed by atoms with van der Waals surface area (Å²) in [5.74, 6) is 0. The Bertz CT molecular complexity index is 173. The number of urea groups is 1. The molecule has 0 radical (unpaired) electrons. The molecule has 1 fully saturated rings. The summed E-state index contributed by atoms with van der Waals surface area (Å²) in [7, 11) is 0. The van der Waals surface area contributed by atoms with Crippen LogP contribution in [0.1, 0.15) is 20.3 Å². The van der Waals surface area contributed by atoms with Gasteiger partial charge in [-0.15, -0.1) is 0 Å². The fourth-order valence-corrected chi connectivity index (χ4v) is 1.41. The molecule has 0 aromatic rings. The summed E-state index contributed by atoms with van der Waals surface area (Å²) >= 11 is 0. The van der Waals surface area contributed by atoms with Crippen LogP contribution in [0.15, 0.2) is 0 Å². The molecule has 1 aliphatic heterocycles. The van der Waals surface area contributed by atoms with Crippen molar-refractivity contribution in [3.8, 4) is 0 Å². The second-order valence-corrected chi connectivity index (χ2v) is 3.18. The predicted octanol–water partition coefficient (Wildman–Crippen LogP) is 0.827. The molecule has 0 bridgehead atoms. The monoisotopic (exact) mass is 186 g/mol. The van der Waals surface area contributed by atoms with Crippen molar-refractivity contribution in [2.24, 2.45) is 0 Å². The molecular weight excluding hydrogens is 168 g/mol. The van der Waals surface area contributed by atoms with Crippen LogP contribution in [0.4, 0.5) is 4.79 Å². The Balaban J connectivity index is 2.37. The molecule has 1 unspecified atom stereocenters. The van der Waals surface area contributed by atoms with Gasteiger partial charge < -0.3 is 15.0 Å². The molecule has 1 rings (SSSR count). The van der Waals surface area contributed by atoms with Crippen molar-refractivity contribution in [1.29, 1.82) is 0 Å². The molecule has 0 saturated carbocycles. The van der Waals surface area contributed by atoms with E-state index >= 15 is 0 Å². The maximum Gasteiger partial charge on any atom is 0.317 e. The van der Waals surface area contributed by atoms with E-state index in [1.807, 2.05) is 11.8 Å². The molecule has 1 N–H and O–H groups in total. The van der Waals surface area contributed by atoms with Crippen LogP contribution in [-0.2, 0) is 4.74 Å². The van der Waals surface area contributed by atoms with E-state index in [1.54, 1.807) is 0 Å². The summed E-state index contributed by atoms with van der Waals surface area (Å²) in [4.78, 5) is 13.2. The van der Waals surface area contributed by atoms with E-state index in [0.717, 1.165) is 13.0 Å². The molecule has 1 heterocycles. The molecule has 1 atom stereocenters. The first kappa shape index (κ1) is 10.3. The van der Waals surface area contributed by atoms with Crippen LogP contribution in [0.5, 0.6) is 0 Å². The number of ether oxygens (including phenoxy) is 1. The van der Waals surface area contributed by atoms with Crippen LogP contribution in [-0.4, -0.2) is 43.3 Å². The maximum absolute atomic E-state index is 11.4. The standard InChI is InChI=1S/C9H18N2O2/c1-3-8-7-11(5-6-13-8)9(12)10-4-2/h8H,3-7H2,1-2H3,(H,10,12). The van der Waals surface area contributed by atoms with Gasteiger partial charge in [-0.2, -0.15) is 0 Å². The van der Waals surface area contributed by atoms with E-state index in [1.165, 1.54) is 0 Å². The zero-order valence-corrected chi connectivity index (χ0v) is 8.38. The fourth-order valence-electron chi connectivity index (χ4n) is 1.41. The van der Waals surface area contributed by atoms with E-state index < -0.39 is 0 Å². The van der Waals surface area contributed by atoms with Gasteiger partial charge in [0.2, 0.25) is 0 Å². The highest BCUT2D eigenvalue weighted by Gasteiger charge is 2.22. The highest BCUT2D eigenvalue weighted by molar-refractivity contribution is 5.74. The van der Waals surface area contributed by atoms with Crippen molar-refractivity contribution in [2.75, 3.05) is 26.2 Å². The topological polar surface area (TPSA) is 41.6 Å². The van der Waals surface area contributed by atoms with Gasteiger partial charge in [-0.1, -0.05) is 6.92 Å². The minimum Gasteiger partial charge on any atom is -0.375 e. The summed E-state index contributed by atoms with van der Waals surface area (Å²) in [5.41, 5.74) is 0. The number of nitrogens with one attached hydrogen (secondary N) is 1. The van der Waals surface area contributed by atoms with Gasteiger partial charge >= 0.3 is 6.03 Å². The van der Waals surface area contributed by atoms with Gasteiger partial charge in [-0.05, 0) is 13.3 Å². The largest absolute Gasteiger partial charge is 0.375 e. The Kier molecular flexibility index (Phi) is 4.02. The van der Waals surface area contributed by atoms with Crippen LogP contribution in [0.3, 0.4) is 0 Å². The van der Waals surface area contributed by atoms with Crippen LogP contribution in [0.2, 0.25) is 0 Å². The number of morpholine rings is 1. The quantitative estimate of drug-likeness (QED) is 0.694. The van der Waals surface area contributed by atoms with Crippen LogP contribution >= 0.6 is 0 Å². The molecular formula is C9H18N2O2. The van der Waals surface area contributed by atoms with E-state index in [-0.39, 0.29) is 12.1 Å². The Morgan fingerprint density at radius 2 is 2.38 bits per heavy atom. The van der Waals surface area contributed by atoms with Gasteiger partial charge in [0, 0.05) is 19.6 Å². The first-order valence-corrected chi connectivity index (χ1v) is 4.92. The number of hydrogen-bond acceptors (Lipinski definition) is 2. The van der Waals surface area contributed by atoms with Gasteiger partial charge in [-0.25, -0.2) is 4.79 Å². The normalized spacial score (nSPS) is 22.9. The van der Waals surface area contributed by atoms with Crippen LogP contribution in [0, 0.1) is 0 Å². The predicted molar refractivity (Wildman–Crippen MR) is 50.7 cm³/mol. The average Bonchev–Trinajstić information content (AvgIpc) is 2.18. The summed E-state index contributed by atoms with van der Waals surface area (Å²) in [6.07, 6.45) is 1.19. The number of carbonyl (C=O) groups is 1. The molecule has 0 aliphatic carbocycles. The molecule has 0 spiro atoms. The Labute approximate surface area is 79.2 Å². The zero-order valence-electron chi connectivity index (χ0n) is 8.38. The van der Waals surface area contributed by atoms with E-state index in [9.17, 15) is 4.79 Å². The first-order chi connectivity index (χ1) is 6.27. The van der Waals surface area contributed by atoms with E-state index in [0.29, 0.717) is 19.7 Å². The summed E-state index contributed by atoms with van der Waals surface area (Å²) in [6, 6.07) is 0.0317. The van der Waals surface area contributed by atoms with Crippen molar-refractivity contribution < 1.29 is 9.53 Å². The second-order valence-electron chi connectivity index (χ2n) is 3.18. The highest BCUT2D eigenvalue weighted by atomic mass is 16.5. The van der Waals surface area contributed by atoms with Crippen LogP contribution < -0.4 is 5.32 Å². The lowest BCUT2D eigenvalue weighted by atomic mass is 10.2. The third kappa shape index (κ3) is 2.88. The first-order valence-electron chi connectivity index (χ1n) is 4.92. The lowest BCUT2D eigenvalue weighted by Crippen LogP contribution is -2.49. The van der Waals surface area contributed by atoms with E-state index in [4.69, 9.17) is 4.74 Å². The van der Waals surface area contributed by atoms with Crippen molar-refractivity contribution in [3.05, 3.63) is 0 Å². The average molecular weight is 186 g/mol. The summed E-state index contributed by atoms with van der Waals surface area (Å²) < 4.78 is 5.46. The highest BCUT2D eigenvalue weighted by Crippen LogP contribution is 2.07. The lowest BCUT2D eigenvalue weighted by molar-refractivity contribution is -0.0152. The molecule has 4 nitrogen and oxygen atoms in total. The van der Waals surface area contributed by atoms with Gasteiger partial charge in [0.1, 0.15) is 0 Å². The zero-order chi connectivity index (χ0) is 9.68. The molecule has 0 aromatic carbocycles. The molecule has 76 valence electrons. The Morgan fingerprint density at radius 1 is 1.62 bits per heavy atom. The third-order valence-corrected chi connectivity index (χ3v) is 2.21. The molecule has 1 aliphatic rings. The van der Waals surface area contributed by atoms with Crippen molar-refractivity contribution in [3.63, 3.8) is 0 Å². The smallest absolute Gasteiger partial charge is 0.317 e. The third-order valence-electron chi connectivity index (χ3n) is 2.21. The SMILES string of the molecule is CCNC(=O)N1CCOC(CC)C1. The van der Waals surface area contributed by atoms with Crippen molar-refractivity contribution in [2.45, 2.75) is 26.4 Å². The molecule has 1 saturated heterocycles. The number of nitrogens with zero attached hydrogens (tertiary/aromatic N) is 1.